The third-order valence-electron chi connectivity index (χ3n) is 4.73. The smallest absolute Gasteiger partial charge is 0.251 e. The zero-order valence-electron chi connectivity index (χ0n) is 15.6. The predicted octanol–water partition coefficient (Wildman–Crippen LogP) is 2.80. The first-order chi connectivity index (χ1) is 13.1. The van der Waals surface area contributed by atoms with Crippen molar-refractivity contribution in [2.75, 3.05) is 27.3 Å². The van der Waals surface area contributed by atoms with Crippen LogP contribution in [0.4, 0.5) is 0 Å². The lowest BCUT2D eigenvalue weighted by molar-refractivity contribution is -0.128. The Labute approximate surface area is 159 Å². The molecule has 2 aromatic rings. The molecule has 6 nitrogen and oxygen atoms in total. The number of carbonyl (C=O) groups is 2. The van der Waals surface area contributed by atoms with Gasteiger partial charge in [0.2, 0.25) is 5.91 Å². The van der Waals surface area contributed by atoms with Gasteiger partial charge in [-0.1, -0.05) is 30.3 Å². The number of amides is 2. The summed E-state index contributed by atoms with van der Waals surface area (Å²) in [4.78, 5) is 26.7. The van der Waals surface area contributed by atoms with Crippen LogP contribution in [0.25, 0.3) is 0 Å². The van der Waals surface area contributed by atoms with Crippen molar-refractivity contribution in [3.63, 3.8) is 0 Å². The summed E-state index contributed by atoms with van der Waals surface area (Å²) in [6.45, 7) is 1.19. The maximum absolute atomic E-state index is 12.8. The van der Waals surface area contributed by atoms with Crippen molar-refractivity contribution in [3.8, 4) is 11.5 Å². The van der Waals surface area contributed by atoms with E-state index >= 15 is 0 Å². The molecule has 1 atom stereocenters. The minimum absolute atomic E-state index is 0.135. The third kappa shape index (κ3) is 4.39. The van der Waals surface area contributed by atoms with Gasteiger partial charge in [-0.05, 0) is 30.2 Å². The SMILES string of the molecule is COc1ccc(C(=O)N[C@H](CN2CCCC2=O)c2ccccc2)cc1OC. The number of likely N-dealkylation sites (tertiary alicyclic amines) is 1. The van der Waals surface area contributed by atoms with E-state index in [1.54, 1.807) is 25.3 Å². The summed E-state index contributed by atoms with van der Waals surface area (Å²) in [5.74, 6) is 0.972. The van der Waals surface area contributed by atoms with Gasteiger partial charge in [-0.3, -0.25) is 9.59 Å². The van der Waals surface area contributed by atoms with Crippen LogP contribution in [0.1, 0.15) is 34.8 Å². The lowest BCUT2D eigenvalue weighted by Gasteiger charge is -2.25. The van der Waals surface area contributed by atoms with E-state index in [-0.39, 0.29) is 17.9 Å². The number of hydrogen-bond donors (Lipinski definition) is 1. The Morgan fingerprint density at radius 3 is 2.48 bits per heavy atom. The number of hydrogen-bond acceptors (Lipinski definition) is 4. The highest BCUT2D eigenvalue weighted by Crippen LogP contribution is 2.28. The molecule has 2 aromatic carbocycles. The molecule has 3 rings (SSSR count). The molecule has 6 heteroatoms. The number of carbonyl (C=O) groups excluding carboxylic acids is 2. The highest BCUT2D eigenvalue weighted by Gasteiger charge is 2.25. The second kappa shape index (κ2) is 8.58. The number of nitrogens with one attached hydrogen (secondary N) is 1. The molecule has 1 N–H and O–H groups in total. The van der Waals surface area contributed by atoms with Crippen molar-refractivity contribution in [1.29, 1.82) is 0 Å². The van der Waals surface area contributed by atoms with E-state index in [1.165, 1.54) is 7.11 Å². The van der Waals surface area contributed by atoms with Crippen LogP contribution in [0.3, 0.4) is 0 Å². The molecular weight excluding hydrogens is 344 g/mol. The first kappa shape index (κ1) is 18.8. The predicted molar refractivity (Wildman–Crippen MR) is 102 cm³/mol. The fourth-order valence-corrected chi connectivity index (χ4v) is 3.26. The van der Waals surface area contributed by atoms with E-state index in [9.17, 15) is 9.59 Å². The summed E-state index contributed by atoms with van der Waals surface area (Å²) >= 11 is 0. The molecule has 1 fully saturated rings. The van der Waals surface area contributed by atoms with Gasteiger partial charge in [0.25, 0.3) is 5.91 Å². The molecule has 0 spiro atoms. The van der Waals surface area contributed by atoms with Gasteiger partial charge in [-0.15, -0.1) is 0 Å². The van der Waals surface area contributed by atoms with E-state index in [0.717, 1.165) is 18.5 Å². The number of nitrogens with zero attached hydrogens (tertiary/aromatic N) is 1. The maximum Gasteiger partial charge on any atom is 0.251 e. The standard InChI is InChI=1S/C21H24N2O4/c1-26-18-11-10-16(13-19(18)27-2)21(25)22-17(15-7-4-3-5-8-15)14-23-12-6-9-20(23)24/h3-5,7-8,10-11,13,17H,6,9,12,14H2,1-2H3,(H,22,25)/t17-/m1/s1. The highest BCUT2D eigenvalue weighted by molar-refractivity contribution is 5.95. The molecule has 0 radical (unpaired) electrons. The molecule has 0 unspecified atom stereocenters. The number of rotatable bonds is 7. The largest absolute Gasteiger partial charge is 0.493 e. The Hall–Kier alpha value is -3.02. The van der Waals surface area contributed by atoms with Crippen LogP contribution < -0.4 is 14.8 Å². The van der Waals surface area contributed by atoms with Gasteiger partial charge in [0.1, 0.15) is 0 Å². The highest BCUT2D eigenvalue weighted by atomic mass is 16.5. The van der Waals surface area contributed by atoms with Gasteiger partial charge >= 0.3 is 0 Å². The molecule has 0 aliphatic carbocycles. The fourth-order valence-electron chi connectivity index (χ4n) is 3.26. The van der Waals surface area contributed by atoms with E-state index in [0.29, 0.717) is 30.0 Å². The Morgan fingerprint density at radius 2 is 1.85 bits per heavy atom. The molecule has 1 saturated heterocycles. The van der Waals surface area contributed by atoms with Crippen LogP contribution in [-0.4, -0.2) is 44.0 Å². The molecule has 0 saturated carbocycles. The second-order valence-corrected chi connectivity index (χ2v) is 6.45. The van der Waals surface area contributed by atoms with Gasteiger partial charge in [0, 0.05) is 25.1 Å². The van der Waals surface area contributed by atoms with Gasteiger partial charge in [-0.2, -0.15) is 0 Å². The van der Waals surface area contributed by atoms with E-state index in [2.05, 4.69) is 5.32 Å². The third-order valence-corrected chi connectivity index (χ3v) is 4.73. The Balaban J connectivity index is 1.81. The van der Waals surface area contributed by atoms with E-state index in [4.69, 9.17) is 9.47 Å². The van der Waals surface area contributed by atoms with Gasteiger partial charge < -0.3 is 19.7 Å². The fraction of sp³-hybridized carbons (Fsp3) is 0.333. The van der Waals surface area contributed by atoms with Gasteiger partial charge in [0.15, 0.2) is 11.5 Å². The summed E-state index contributed by atoms with van der Waals surface area (Å²) < 4.78 is 10.5. The van der Waals surface area contributed by atoms with Gasteiger partial charge in [-0.25, -0.2) is 0 Å². The quantitative estimate of drug-likeness (QED) is 0.816. The van der Waals surface area contributed by atoms with Crippen LogP contribution >= 0.6 is 0 Å². The normalized spacial score (nSPS) is 14.7. The van der Waals surface area contributed by atoms with Crippen LogP contribution in [0.15, 0.2) is 48.5 Å². The van der Waals surface area contributed by atoms with Crippen molar-refractivity contribution in [1.82, 2.24) is 10.2 Å². The zero-order chi connectivity index (χ0) is 19.2. The molecule has 27 heavy (non-hydrogen) atoms. The van der Waals surface area contributed by atoms with Crippen molar-refractivity contribution >= 4 is 11.8 Å². The monoisotopic (exact) mass is 368 g/mol. The molecule has 1 heterocycles. The summed E-state index contributed by atoms with van der Waals surface area (Å²) in [5.41, 5.74) is 1.44. The first-order valence-electron chi connectivity index (χ1n) is 8.98. The number of methoxy groups -OCH3 is 2. The molecule has 0 aromatic heterocycles. The number of benzene rings is 2. The number of ether oxygens (including phenoxy) is 2. The Kier molecular flexibility index (Phi) is 5.96. The molecule has 1 aliphatic rings. The lowest BCUT2D eigenvalue weighted by atomic mass is 10.1. The van der Waals surface area contributed by atoms with Crippen molar-refractivity contribution in [3.05, 3.63) is 59.7 Å². The maximum atomic E-state index is 12.8. The Morgan fingerprint density at radius 1 is 1.11 bits per heavy atom. The summed E-state index contributed by atoms with van der Waals surface area (Å²) in [7, 11) is 3.08. The molecule has 0 bridgehead atoms. The first-order valence-corrected chi connectivity index (χ1v) is 8.98. The van der Waals surface area contributed by atoms with Crippen LogP contribution in [-0.2, 0) is 4.79 Å². The zero-order valence-corrected chi connectivity index (χ0v) is 15.6. The van der Waals surface area contributed by atoms with E-state index in [1.807, 2.05) is 35.2 Å². The minimum atomic E-state index is -0.283. The molecular formula is C21H24N2O4. The molecule has 142 valence electrons. The summed E-state index contributed by atoms with van der Waals surface area (Å²) in [6.07, 6.45) is 1.44. The van der Waals surface area contributed by atoms with Crippen molar-refractivity contribution < 1.29 is 19.1 Å². The van der Waals surface area contributed by atoms with E-state index < -0.39 is 0 Å². The topological polar surface area (TPSA) is 67.9 Å². The van der Waals surface area contributed by atoms with Crippen molar-refractivity contribution in [2.24, 2.45) is 0 Å². The van der Waals surface area contributed by atoms with Crippen molar-refractivity contribution in [2.45, 2.75) is 18.9 Å². The summed E-state index contributed by atoms with van der Waals surface area (Å²) in [6, 6.07) is 14.5. The minimum Gasteiger partial charge on any atom is -0.493 e. The lowest BCUT2D eigenvalue weighted by Crippen LogP contribution is -2.38. The Bertz CT molecular complexity index is 807. The average Bonchev–Trinajstić information content (AvgIpc) is 3.12. The average molecular weight is 368 g/mol. The summed E-state index contributed by atoms with van der Waals surface area (Å²) in [5, 5.41) is 3.06. The van der Waals surface area contributed by atoms with Crippen LogP contribution in [0.5, 0.6) is 11.5 Å². The van der Waals surface area contributed by atoms with Crippen LogP contribution in [0, 0.1) is 0 Å². The molecule has 2 amide bonds. The molecule has 1 aliphatic heterocycles. The van der Waals surface area contributed by atoms with Gasteiger partial charge in [0.05, 0.1) is 20.3 Å². The second-order valence-electron chi connectivity index (χ2n) is 6.45. The van der Waals surface area contributed by atoms with Crippen LogP contribution in [0.2, 0.25) is 0 Å².